The van der Waals surface area contributed by atoms with Crippen molar-refractivity contribution in [3.8, 4) is 0 Å². The lowest BCUT2D eigenvalue weighted by atomic mass is 9.81. The third-order valence-electron chi connectivity index (χ3n) is 8.69. The summed E-state index contributed by atoms with van der Waals surface area (Å²) >= 11 is 0. The van der Waals surface area contributed by atoms with Crippen LogP contribution in [0.15, 0.2) is 0 Å². The number of urea groups is 1. The maximum atomic E-state index is 14.2. The molecule has 0 aromatic rings. The Morgan fingerprint density at radius 2 is 1.43 bits per heavy atom. The highest BCUT2D eigenvalue weighted by Crippen LogP contribution is 2.36. The van der Waals surface area contributed by atoms with E-state index >= 15 is 0 Å². The first-order chi connectivity index (χ1) is 19.1. The first-order valence-electron chi connectivity index (χ1n) is 15.5. The molecule has 0 aromatic heterocycles. The van der Waals surface area contributed by atoms with Gasteiger partial charge in [0.15, 0.2) is 5.78 Å². The number of rotatable bonds is 13. The molecule has 11 heteroatoms. The molecule has 2 rings (SSSR count). The van der Waals surface area contributed by atoms with Crippen molar-refractivity contribution in [2.45, 2.75) is 131 Å². The van der Waals surface area contributed by atoms with Gasteiger partial charge in [0, 0.05) is 18.5 Å². The number of carbonyl (C=O) groups excluding carboxylic acids is 4. The average Bonchev–Trinajstić information content (AvgIpc) is 3.55. The zero-order chi connectivity index (χ0) is 32.3. The second kappa shape index (κ2) is 14.0. The van der Waals surface area contributed by atoms with E-state index in [-0.39, 0.29) is 29.4 Å². The number of hydrogen-bond acceptors (Lipinski definition) is 7. The Balaban J connectivity index is 2.31. The van der Waals surface area contributed by atoms with Gasteiger partial charge in [-0.25, -0.2) is 4.79 Å². The molecular weight excluding hydrogens is 538 g/mol. The van der Waals surface area contributed by atoms with Crippen molar-refractivity contribution in [3.05, 3.63) is 0 Å². The molecule has 1 saturated carbocycles. The van der Waals surface area contributed by atoms with Crippen LogP contribution in [0.2, 0.25) is 0 Å². The normalized spacial score (nSPS) is 23.3. The Kier molecular flexibility index (Phi) is 12.0. The zero-order valence-corrected chi connectivity index (χ0v) is 27.4. The molecule has 0 spiro atoms. The van der Waals surface area contributed by atoms with Gasteiger partial charge in [0.05, 0.1) is 12.1 Å². The zero-order valence-electron chi connectivity index (χ0n) is 27.4. The summed E-state index contributed by atoms with van der Waals surface area (Å²) in [7, 11) is 0. The highest BCUT2D eigenvalue weighted by molar-refractivity contribution is 5.92. The van der Waals surface area contributed by atoms with Crippen molar-refractivity contribution in [2.24, 2.45) is 40.2 Å². The summed E-state index contributed by atoms with van der Waals surface area (Å²) in [6.45, 7) is 19.3. The van der Waals surface area contributed by atoms with Crippen LogP contribution in [0.4, 0.5) is 4.79 Å². The fourth-order valence-electron chi connectivity index (χ4n) is 5.63. The summed E-state index contributed by atoms with van der Waals surface area (Å²) in [5.41, 5.74) is 4.16. The van der Waals surface area contributed by atoms with Gasteiger partial charge in [0.2, 0.25) is 11.8 Å². The topological polar surface area (TPSA) is 174 Å². The minimum absolute atomic E-state index is 0.0937. The van der Waals surface area contributed by atoms with Gasteiger partial charge in [-0.15, -0.1) is 0 Å². The number of nitrogens with zero attached hydrogens (tertiary/aromatic N) is 1. The lowest BCUT2D eigenvalue weighted by molar-refractivity contribution is -0.140. The van der Waals surface area contributed by atoms with Gasteiger partial charge in [-0.05, 0) is 41.4 Å². The molecule has 0 radical (unpaired) electrons. The van der Waals surface area contributed by atoms with Gasteiger partial charge in [0.25, 0.3) is 0 Å². The molecule has 7 atom stereocenters. The highest BCUT2D eigenvalue weighted by Gasteiger charge is 2.46. The molecule has 1 aliphatic carbocycles. The number of hydrogen-bond donors (Lipinski definition) is 6. The maximum Gasteiger partial charge on any atom is 0.316 e. The van der Waals surface area contributed by atoms with Crippen LogP contribution in [0.5, 0.6) is 0 Å². The van der Waals surface area contributed by atoms with E-state index in [1.165, 1.54) is 0 Å². The Hall–Kier alpha value is -2.24. The van der Waals surface area contributed by atoms with Crippen molar-refractivity contribution in [3.63, 3.8) is 0 Å². The molecule has 1 saturated heterocycles. The summed E-state index contributed by atoms with van der Waals surface area (Å²) in [5.74, 6) is -0.907. The van der Waals surface area contributed by atoms with Crippen LogP contribution < -0.4 is 21.7 Å². The van der Waals surface area contributed by atoms with Gasteiger partial charge in [-0.2, -0.15) is 0 Å². The number of aliphatic hydroxyl groups is 2. The molecule has 42 heavy (non-hydrogen) atoms. The fourth-order valence-corrected chi connectivity index (χ4v) is 5.63. The van der Waals surface area contributed by atoms with Crippen molar-refractivity contribution in [1.29, 1.82) is 0 Å². The largest absolute Gasteiger partial charge is 0.382 e. The lowest BCUT2D eigenvalue weighted by Gasteiger charge is -2.38. The predicted octanol–water partition coefficient (Wildman–Crippen LogP) is 2.14. The van der Waals surface area contributed by atoms with Crippen molar-refractivity contribution in [1.82, 2.24) is 20.9 Å². The van der Waals surface area contributed by atoms with Crippen molar-refractivity contribution >= 4 is 23.6 Å². The number of ketones is 1. The van der Waals surface area contributed by atoms with E-state index in [4.69, 9.17) is 5.73 Å². The third-order valence-corrected chi connectivity index (χ3v) is 8.69. The molecule has 7 N–H and O–H groups in total. The number of Topliss-reactive ketones (excluding diaryl/α,β-unsaturated/α-hetero) is 1. The maximum absolute atomic E-state index is 14.2. The van der Waals surface area contributed by atoms with Crippen LogP contribution in [-0.4, -0.2) is 81.8 Å². The lowest BCUT2D eigenvalue weighted by Crippen LogP contribution is -2.62. The molecule has 11 nitrogen and oxygen atoms in total. The highest BCUT2D eigenvalue weighted by atomic mass is 16.3. The van der Waals surface area contributed by atoms with E-state index < -0.39 is 59.3 Å². The fraction of sp³-hybridized carbons (Fsp3) is 0.871. The molecule has 242 valence electrons. The molecule has 1 heterocycles. The predicted molar refractivity (Wildman–Crippen MR) is 162 cm³/mol. The van der Waals surface area contributed by atoms with E-state index in [2.05, 4.69) is 29.8 Å². The van der Waals surface area contributed by atoms with Crippen LogP contribution in [0, 0.1) is 34.5 Å². The van der Waals surface area contributed by atoms with Gasteiger partial charge in [0.1, 0.15) is 18.4 Å². The second-order valence-electron chi connectivity index (χ2n) is 15.3. The van der Waals surface area contributed by atoms with Crippen LogP contribution in [0.25, 0.3) is 0 Å². The molecule has 0 aromatic carbocycles. The van der Waals surface area contributed by atoms with Gasteiger partial charge in [-0.1, -0.05) is 82.1 Å². The van der Waals surface area contributed by atoms with Gasteiger partial charge < -0.3 is 31.5 Å². The molecule has 4 amide bonds. The van der Waals surface area contributed by atoms with Gasteiger partial charge >= 0.3 is 6.03 Å². The van der Waals surface area contributed by atoms with Crippen molar-refractivity contribution < 1.29 is 29.4 Å². The number of aliphatic hydroxyl groups excluding tert-OH is 2. The summed E-state index contributed by atoms with van der Waals surface area (Å²) in [5, 5.41) is 30.5. The number of carbonyl (C=O) groups is 4. The molecule has 3 unspecified atom stereocenters. The van der Waals surface area contributed by atoms with Crippen LogP contribution >= 0.6 is 0 Å². The Morgan fingerprint density at radius 3 is 1.86 bits per heavy atom. The van der Waals surface area contributed by atoms with Crippen LogP contribution in [0.1, 0.15) is 94.9 Å². The monoisotopic (exact) mass is 595 g/mol. The van der Waals surface area contributed by atoms with E-state index in [1.54, 1.807) is 18.7 Å². The number of nitrogens with one attached hydrogen (secondary N) is 3. The number of primary amides is 1. The van der Waals surface area contributed by atoms with Crippen molar-refractivity contribution in [2.75, 3.05) is 6.54 Å². The minimum Gasteiger partial charge on any atom is -0.382 e. The first kappa shape index (κ1) is 36.0. The SMILES string of the molecule is CC(C)C(=O)[C@@H](NC(=O)N[C@H](C(=O)N1C[C@H](C(C)C)C[C@H]1C(O)NC(CC1CC1)C(O)C(N)=O)C(C)(C)C)C(C)(C)C. The van der Waals surface area contributed by atoms with E-state index in [0.29, 0.717) is 25.3 Å². The first-order valence-corrected chi connectivity index (χ1v) is 15.5. The quantitative estimate of drug-likeness (QED) is 0.177. The second-order valence-corrected chi connectivity index (χ2v) is 15.3. The summed E-state index contributed by atoms with van der Waals surface area (Å²) in [6.07, 6.45) is 0.290. The van der Waals surface area contributed by atoms with Crippen LogP contribution in [0.3, 0.4) is 0 Å². The number of nitrogens with two attached hydrogens (primary N) is 1. The molecule has 1 aliphatic heterocycles. The summed E-state index contributed by atoms with van der Waals surface area (Å²) in [6, 6.07) is -3.70. The Morgan fingerprint density at radius 1 is 0.905 bits per heavy atom. The Bertz CT molecular complexity index is 968. The molecular formula is C31H57N5O6. The van der Waals surface area contributed by atoms with E-state index in [1.807, 2.05) is 41.5 Å². The number of amides is 4. The Labute approximate surface area is 252 Å². The molecule has 2 fully saturated rings. The number of likely N-dealkylation sites (tertiary alicyclic amines) is 1. The van der Waals surface area contributed by atoms with Gasteiger partial charge in [-0.3, -0.25) is 19.7 Å². The average molecular weight is 596 g/mol. The summed E-state index contributed by atoms with van der Waals surface area (Å²) in [4.78, 5) is 53.8. The molecule has 2 aliphatic rings. The van der Waals surface area contributed by atoms with Crippen LogP contribution in [-0.2, 0) is 14.4 Å². The third kappa shape index (κ3) is 9.64. The molecule has 0 bridgehead atoms. The van der Waals surface area contributed by atoms with E-state index in [9.17, 15) is 29.4 Å². The standard InChI is InChI=1S/C31H57N5O6/c1-16(2)19-14-21(27(40)33-20(13-18-11-12-18)23(38)26(32)39)36(15-19)28(41)25(31(8,9)10)35-29(42)34-24(30(5,6)7)22(37)17(3)4/h16-21,23-25,27,33,38,40H,11-15H2,1-10H3,(H2,32,39)(H2,34,35,42)/t19-,20?,21+,23?,24-,25-,27?/m1/s1. The summed E-state index contributed by atoms with van der Waals surface area (Å²) < 4.78 is 0. The van der Waals surface area contributed by atoms with E-state index in [0.717, 1.165) is 12.8 Å². The smallest absolute Gasteiger partial charge is 0.316 e. The minimum atomic E-state index is -1.47.